The van der Waals surface area contributed by atoms with Crippen LogP contribution in [0.5, 0.6) is 0 Å². The van der Waals surface area contributed by atoms with E-state index in [4.69, 9.17) is 4.98 Å². The van der Waals surface area contributed by atoms with Gasteiger partial charge in [0, 0.05) is 26.2 Å². The minimum atomic E-state index is -0.383. The van der Waals surface area contributed by atoms with E-state index in [9.17, 15) is 10.1 Å². The topological polar surface area (TPSA) is 63.2 Å². The SMILES string of the molecule is Cc1ccc(-c2nc(N(C)C)s[n+]2Cc2ccc([N+](=O)[O-])cc2)cc1. The van der Waals surface area contributed by atoms with E-state index in [1.165, 1.54) is 17.7 Å². The Labute approximate surface area is 150 Å². The van der Waals surface area contributed by atoms with Gasteiger partial charge in [0.05, 0.1) is 10.5 Å². The number of hydrogen-bond donors (Lipinski definition) is 0. The zero-order valence-corrected chi connectivity index (χ0v) is 15.2. The first-order chi connectivity index (χ1) is 11.9. The Balaban J connectivity index is 1.96. The fourth-order valence-electron chi connectivity index (χ4n) is 2.40. The molecule has 1 heterocycles. The second kappa shape index (κ2) is 6.98. The standard InChI is InChI=1S/C18H19N4O2S/c1-13-4-8-15(9-5-13)17-19-18(20(2)3)25-21(17)12-14-6-10-16(11-7-14)22(23)24/h4-11H,12H2,1-3H3/q+1. The minimum Gasteiger partial charge on any atom is -0.331 e. The number of aromatic nitrogens is 2. The molecule has 25 heavy (non-hydrogen) atoms. The molecule has 0 aliphatic heterocycles. The molecule has 0 unspecified atom stereocenters. The van der Waals surface area contributed by atoms with E-state index in [1.54, 1.807) is 23.7 Å². The highest BCUT2D eigenvalue weighted by Gasteiger charge is 2.24. The van der Waals surface area contributed by atoms with Gasteiger partial charge < -0.3 is 4.90 Å². The fourth-order valence-corrected chi connectivity index (χ4v) is 3.33. The summed E-state index contributed by atoms with van der Waals surface area (Å²) in [5.74, 6) is 0.895. The molecule has 0 fully saturated rings. The first-order valence-corrected chi connectivity index (χ1v) is 8.60. The monoisotopic (exact) mass is 355 g/mol. The number of nitro benzene ring substituents is 1. The van der Waals surface area contributed by atoms with Crippen molar-refractivity contribution in [1.29, 1.82) is 0 Å². The molecule has 2 aromatic carbocycles. The third-order valence-electron chi connectivity index (χ3n) is 3.80. The summed E-state index contributed by atoms with van der Waals surface area (Å²) >= 11 is 1.57. The largest absolute Gasteiger partial charge is 0.345 e. The second-order valence-corrected chi connectivity index (χ2v) is 7.02. The van der Waals surface area contributed by atoms with Gasteiger partial charge in [0.2, 0.25) is 0 Å². The van der Waals surface area contributed by atoms with Gasteiger partial charge in [0.25, 0.3) is 5.69 Å². The number of nitrogens with zero attached hydrogens (tertiary/aromatic N) is 4. The van der Waals surface area contributed by atoms with Crippen molar-refractivity contribution in [2.75, 3.05) is 19.0 Å². The van der Waals surface area contributed by atoms with Gasteiger partial charge in [-0.15, -0.1) is 0 Å². The predicted octanol–water partition coefficient (Wildman–Crippen LogP) is 3.43. The second-order valence-electron chi connectivity index (χ2n) is 6.03. The molecule has 0 aliphatic rings. The molecular formula is C18H19N4O2S+. The summed E-state index contributed by atoms with van der Waals surface area (Å²) in [6.07, 6.45) is 0. The van der Waals surface area contributed by atoms with Gasteiger partial charge in [0.15, 0.2) is 0 Å². The number of nitro groups is 1. The molecule has 0 aliphatic carbocycles. The molecule has 3 rings (SSSR count). The number of benzene rings is 2. The fraction of sp³-hybridized carbons (Fsp3) is 0.222. The Morgan fingerprint density at radius 2 is 1.76 bits per heavy atom. The summed E-state index contributed by atoms with van der Waals surface area (Å²) in [5, 5.41) is 11.7. The highest BCUT2D eigenvalue weighted by molar-refractivity contribution is 7.06. The molecule has 7 heteroatoms. The van der Waals surface area contributed by atoms with Crippen molar-refractivity contribution < 1.29 is 8.88 Å². The van der Waals surface area contributed by atoms with Crippen LogP contribution in [0, 0.1) is 17.0 Å². The van der Waals surface area contributed by atoms with Gasteiger partial charge in [-0.2, -0.15) is 3.96 Å². The van der Waals surface area contributed by atoms with Crippen LogP contribution in [0.1, 0.15) is 11.1 Å². The lowest BCUT2D eigenvalue weighted by molar-refractivity contribution is -0.610. The first-order valence-electron chi connectivity index (χ1n) is 7.83. The molecule has 128 valence electrons. The normalized spacial score (nSPS) is 10.7. The van der Waals surface area contributed by atoms with E-state index in [0.717, 1.165) is 22.1 Å². The van der Waals surface area contributed by atoms with Gasteiger partial charge in [0.1, 0.15) is 18.1 Å². The molecular weight excluding hydrogens is 336 g/mol. The maximum atomic E-state index is 10.8. The van der Waals surface area contributed by atoms with E-state index in [1.807, 2.05) is 19.0 Å². The quantitative estimate of drug-likeness (QED) is 0.400. The Bertz CT molecular complexity index is 886. The molecule has 0 saturated carbocycles. The zero-order valence-electron chi connectivity index (χ0n) is 14.3. The van der Waals surface area contributed by atoms with Gasteiger partial charge in [-0.1, -0.05) is 17.7 Å². The molecule has 0 N–H and O–H groups in total. The van der Waals surface area contributed by atoms with Crippen molar-refractivity contribution in [3.8, 4) is 11.4 Å². The van der Waals surface area contributed by atoms with Gasteiger partial charge in [-0.05, 0) is 41.7 Å². The Kier molecular flexibility index (Phi) is 4.76. The summed E-state index contributed by atoms with van der Waals surface area (Å²) in [5.41, 5.74) is 3.36. The van der Waals surface area contributed by atoms with Crippen LogP contribution in [0.15, 0.2) is 48.5 Å². The van der Waals surface area contributed by atoms with E-state index >= 15 is 0 Å². The summed E-state index contributed by atoms with van der Waals surface area (Å²) in [4.78, 5) is 17.2. The summed E-state index contributed by atoms with van der Waals surface area (Å²) in [7, 11) is 3.93. The first kappa shape index (κ1) is 17.0. The van der Waals surface area contributed by atoms with Gasteiger partial charge in [-0.25, -0.2) is 0 Å². The molecule has 1 aromatic heterocycles. The molecule has 0 atom stereocenters. The molecule has 0 amide bonds. The molecule has 0 bridgehead atoms. The average molecular weight is 355 g/mol. The molecule has 6 nitrogen and oxygen atoms in total. The van der Waals surface area contributed by atoms with Crippen LogP contribution in [0.3, 0.4) is 0 Å². The van der Waals surface area contributed by atoms with Crippen LogP contribution in [0.25, 0.3) is 11.4 Å². The highest BCUT2D eigenvalue weighted by Crippen LogP contribution is 2.22. The molecule has 0 saturated heterocycles. The molecule has 0 radical (unpaired) electrons. The van der Waals surface area contributed by atoms with Crippen molar-refractivity contribution in [2.45, 2.75) is 13.5 Å². The maximum Gasteiger partial charge on any atom is 0.345 e. The van der Waals surface area contributed by atoms with Crippen LogP contribution in [-0.2, 0) is 6.54 Å². The van der Waals surface area contributed by atoms with Crippen LogP contribution in [0.2, 0.25) is 0 Å². The van der Waals surface area contributed by atoms with Crippen LogP contribution in [-0.4, -0.2) is 24.0 Å². The number of non-ortho nitro benzene ring substituents is 1. The van der Waals surface area contributed by atoms with Gasteiger partial charge in [-0.3, -0.25) is 10.1 Å². The summed E-state index contributed by atoms with van der Waals surface area (Å²) < 4.78 is 2.11. The van der Waals surface area contributed by atoms with Crippen molar-refractivity contribution in [1.82, 2.24) is 4.98 Å². The van der Waals surface area contributed by atoms with E-state index in [0.29, 0.717) is 6.54 Å². The minimum absolute atomic E-state index is 0.103. The van der Waals surface area contributed by atoms with E-state index in [-0.39, 0.29) is 10.6 Å². The van der Waals surface area contributed by atoms with Crippen molar-refractivity contribution in [2.24, 2.45) is 0 Å². The van der Waals surface area contributed by atoms with Crippen LogP contribution in [0.4, 0.5) is 10.8 Å². The summed E-state index contributed by atoms with van der Waals surface area (Å²) in [6, 6.07) is 14.9. The van der Waals surface area contributed by atoms with Crippen LogP contribution < -0.4 is 8.86 Å². The smallest absolute Gasteiger partial charge is 0.331 e. The van der Waals surface area contributed by atoms with Gasteiger partial charge >= 0.3 is 11.0 Å². The Hall–Kier alpha value is -2.80. The number of hydrogen-bond acceptors (Lipinski definition) is 5. The summed E-state index contributed by atoms with van der Waals surface area (Å²) in [6.45, 7) is 2.67. The number of aryl methyl sites for hydroxylation is 1. The molecule has 3 aromatic rings. The van der Waals surface area contributed by atoms with Crippen molar-refractivity contribution in [3.63, 3.8) is 0 Å². The predicted molar refractivity (Wildman–Crippen MR) is 99.0 cm³/mol. The Morgan fingerprint density at radius 1 is 1.12 bits per heavy atom. The van der Waals surface area contributed by atoms with E-state index in [2.05, 4.69) is 35.1 Å². The van der Waals surface area contributed by atoms with Crippen molar-refractivity contribution >= 4 is 22.4 Å². The third-order valence-corrected chi connectivity index (χ3v) is 4.94. The third kappa shape index (κ3) is 3.83. The lowest BCUT2D eigenvalue weighted by Gasteiger charge is -2.00. The van der Waals surface area contributed by atoms with E-state index < -0.39 is 0 Å². The lowest BCUT2D eigenvalue weighted by atomic mass is 10.1. The molecule has 0 spiro atoms. The number of anilines is 1. The number of rotatable bonds is 5. The highest BCUT2D eigenvalue weighted by atomic mass is 32.1. The van der Waals surface area contributed by atoms with Crippen molar-refractivity contribution in [3.05, 3.63) is 69.8 Å². The lowest BCUT2D eigenvalue weighted by Crippen LogP contribution is -2.32. The average Bonchev–Trinajstić information content (AvgIpc) is 3.00. The maximum absolute atomic E-state index is 10.8. The Morgan fingerprint density at radius 3 is 2.32 bits per heavy atom. The zero-order chi connectivity index (χ0) is 18.0. The van der Waals surface area contributed by atoms with Crippen LogP contribution >= 0.6 is 11.5 Å².